The molecule has 0 spiro atoms. The first kappa shape index (κ1) is 10.0. The van der Waals surface area contributed by atoms with Crippen molar-refractivity contribution in [1.82, 2.24) is 4.98 Å². The van der Waals surface area contributed by atoms with E-state index in [1.807, 2.05) is 24.3 Å². The van der Waals surface area contributed by atoms with Crippen LogP contribution in [0.1, 0.15) is 12.1 Å². The molecular formula is C9H12ClN3. The molecular weight excluding hydrogens is 186 g/mol. The molecule has 0 aromatic carbocycles. The molecule has 0 saturated heterocycles. The van der Waals surface area contributed by atoms with Crippen LogP contribution < -0.4 is 11.3 Å². The Bertz CT molecular complexity index is 286. The standard InChI is InChI=1S/C9H12ClN3/c10-7-2-1-4-8-5-3-6-9(12-8)13-11/h1,3-6H,2,7,11H2,(H,12,13). The largest absolute Gasteiger partial charge is 0.308 e. The lowest BCUT2D eigenvalue weighted by atomic mass is 10.3. The number of nitrogens with one attached hydrogen (secondary N) is 1. The molecule has 0 amide bonds. The van der Waals surface area contributed by atoms with Crippen molar-refractivity contribution in [2.24, 2.45) is 5.84 Å². The van der Waals surface area contributed by atoms with E-state index in [0.29, 0.717) is 11.7 Å². The molecule has 0 unspecified atom stereocenters. The van der Waals surface area contributed by atoms with Gasteiger partial charge in [0.25, 0.3) is 0 Å². The van der Waals surface area contributed by atoms with E-state index in [1.165, 1.54) is 0 Å². The number of alkyl halides is 1. The van der Waals surface area contributed by atoms with Crippen LogP contribution in [-0.2, 0) is 0 Å². The second-order valence-corrected chi connectivity index (χ2v) is 2.85. The zero-order valence-electron chi connectivity index (χ0n) is 7.20. The molecule has 1 aromatic heterocycles. The Balaban J connectivity index is 2.66. The summed E-state index contributed by atoms with van der Waals surface area (Å²) in [4.78, 5) is 4.20. The van der Waals surface area contributed by atoms with E-state index in [9.17, 15) is 0 Å². The van der Waals surface area contributed by atoms with Gasteiger partial charge >= 0.3 is 0 Å². The molecule has 0 aliphatic heterocycles. The predicted molar refractivity (Wildman–Crippen MR) is 56.4 cm³/mol. The third kappa shape index (κ3) is 3.44. The number of hydrazine groups is 1. The van der Waals surface area contributed by atoms with Gasteiger partial charge in [-0.1, -0.05) is 12.1 Å². The Morgan fingerprint density at radius 2 is 2.38 bits per heavy atom. The lowest BCUT2D eigenvalue weighted by Crippen LogP contribution is -2.08. The molecule has 0 aliphatic carbocycles. The van der Waals surface area contributed by atoms with E-state index in [2.05, 4.69) is 10.4 Å². The van der Waals surface area contributed by atoms with Crippen molar-refractivity contribution >= 4 is 23.5 Å². The predicted octanol–water partition coefficient (Wildman–Crippen LogP) is 2.01. The van der Waals surface area contributed by atoms with Gasteiger partial charge in [0.1, 0.15) is 5.82 Å². The van der Waals surface area contributed by atoms with Gasteiger partial charge in [-0.2, -0.15) is 0 Å². The third-order valence-electron chi connectivity index (χ3n) is 1.48. The maximum absolute atomic E-state index is 5.52. The molecule has 13 heavy (non-hydrogen) atoms. The van der Waals surface area contributed by atoms with Crippen molar-refractivity contribution in [3.8, 4) is 0 Å². The highest BCUT2D eigenvalue weighted by atomic mass is 35.5. The monoisotopic (exact) mass is 197 g/mol. The molecule has 0 saturated carbocycles. The van der Waals surface area contributed by atoms with Crippen LogP contribution >= 0.6 is 11.6 Å². The summed E-state index contributed by atoms with van der Waals surface area (Å²) in [5, 5.41) is 0. The fourth-order valence-corrected chi connectivity index (χ4v) is 1.02. The Kier molecular flexibility index (Phi) is 4.29. The summed E-state index contributed by atoms with van der Waals surface area (Å²) >= 11 is 5.52. The van der Waals surface area contributed by atoms with E-state index < -0.39 is 0 Å². The minimum Gasteiger partial charge on any atom is -0.308 e. The summed E-state index contributed by atoms with van der Waals surface area (Å²) in [5.41, 5.74) is 3.36. The van der Waals surface area contributed by atoms with Crippen LogP contribution in [0.15, 0.2) is 24.3 Å². The summed E-state index contributed by atoms with van der Waals surface area (Å²) in [5.74, 6) is 6.51. The minimum atomic E-state index is 0.630. The SMILES string of the molecule is NNc1cccc(C=CCCCl)n1. The van der Waals surface area contributed by atoms with E-state index in [4.69, 9.17) is 17.4 Å². The second kappa shape index (κ2) is 5.56. The van der Waals surface area contributed by atoms with Crippen molar-refractivity contribution in [2.75, 3.05) is 11.3 Å². The number of aromatic nitrogens is 1. The van der Waals surface area contributed by atoms with Gasteiger partial charge in [-0.3, -0.25) is 0 Å². The molecule has 4 heteroatoms. The van der Waals surface area contributed by atoms with E-state index >= 15 is 0 Å². The molecule has 0 bridgehead atoms. The zero-order valence-corrected chi connectivity index (χ0v) is 7.96. The smallest absolute Gasteiger partial charge is 0.140 e. The molecule has 1 heterocycles. The molecule has 0 radical (unpaired) electrons. The van der Waals surface area contributed by atoms with Gasteiger partial charge in [-0.25, -0.2) is 10.8 Å². The molecule has 70 valence electrons. The lowest BCUT2D eigenvalue weighted by Gasteiger charge is -1.98. The number of pyridine rings is 1. The number of nitrogen functional groups attached to an aromatic ring is 1. The molecule has 0 atom stereocenters. The lowest BCUT2D eigenvalue weighted by molar-refractivity contribution is 1.20. The highest BCUT2D eigenvalue weighted by molar-refractivity contribution is 6.17. The Hall–Kier alpha value is -1.06. The Morgan fingerprint density at radius 1 is 1.54 bits per heavy atom. The van der Waals surface area contributed by atoms with Crippen LogP contribution in [0.2, 0.25) is 0 Å². The molecule has 0 fully saturated rings. The van der Waals surface area contributed by atoms with Gasteiger partial charge in [0.15, 0.2) is 0 Å². The van der Waals surface area contributed by atoms with E-state index in [-0.39, 0.29) is 0 Å². The highest BCUT2D eigenvalue weighted by Crippen LogP contribution is 2.05. The van der Waals surface area contributed by atoms with Crippen LogP contribution in [0.4, 0.5) is 5.82 Å². The number of nitrogens with two attached hydrogens (primary N) is 1. The van der Waals surface area contributed by atoms with Crippen molar-refractivity contribution in [2.45, 2.75) is 6.42 Å². The van der Waals surface area contributed by atoms with Crippen molar-refractivity contribution in [1.29, 1.82) is 0 Å². The Labute approximate surface area is 82.6 Å². The Morgan fingerprint density at radius 3 is 3.08 bits per heavy atom. The number of halogens is 1. The van der Waals surface area contributed by atoms with E-state index in [1.54, 1.807) is 6.07 Å². The summed E-state index contributed by atoms with van der Waals surface area (Å²) in [6, 6.07) is 5.60. The first-order valence-electron chi connectivity index (χ1n) is 4.03. The van der Waals surface area contributed by atoms with Crippen molar-refractivity contribution in [3.63, 3.8) is 0 Å². The maximum atomic E-state index is 5.52. The van der Waals surface area contributed by atoms with Crippen molar-refractivity contribution < 1.29 is 0 Å². The number of rotatable bonds is 4. The maximum Gasteiger partial charge on any atom is 0.140 e. The fourth-order valence-electron chi connectivity index (χ4n) is 0.892. The number of allylic oxidation sites excluding steroid dienone is 1. The first-order valence-corrected chi connectivity index (χ1v) is 4.56. The second-order valence-electron chi connectivity index (χ2n) is 2.47. The normalized spacial score (nSPS) is 10.6. The summed E-state index contributed by atoms with van der Waals surface area (Å²) < 4.78 is 0. The molecule has 3 nitrogen and oxygen atoms in total. The molecule has 1 rings (SSSR count). The van der Waals surface area contributed by atoms with Crippen LogP contribution in [-0.4, -0.2) is 10.9 Å². The van der Waals surface area contributed by atoms with Crippen LogP contribution in [0.5, 0.6) is 0 Å². The number of anilines is 1. The van der Waals surface area contributed by atoms with Gasteiger partial charge < -0.3 is 5.43 Å². The van der Waals surface area contributed by atoms with Gasteiger partial charge in [0, 0.05) is 5.88 Å². The molecule has 1 aromatic rings. The van der Waals surface area contributed by atoms with Gasteiger partial charge in [-0.05, 0) is 24.6 Å². The number of hydrogen-bond acceptors (Lipinski definition) is 3. The quantitative estimate of drug-likeness (QED) is 0.441. The average Bonchev–Trinajstić information content (AvgIpc) is 2.19. The number of nitrogens with zero attached hydrogens (tertiary/aromatic N) is 1. The van der Waals surface area contributed by atoms with E-state index in [0.717, 1.165) is 12.1 Å². The molecule has 3 N–H and O–H groups in total. The minimum absolute atomic E-state index is 0.630. The zero-order chi connectivity index (χ0) is 9.52. The number of hydrogen-bond donors (Lipinski definition) is 2. The fraction of sp³-hybridized carbons (Fsp3) is 0.222. The van der Waals surface area contributed by atoms with Crippen LogP contribution in [0.3, 0.4) is 0 Å². The van der Waals surface area contributed by atoms with Crippen LogP contribution in [0, 0.1) is 0 Å². The molecule has 0 aliphatic rings. The highest BCUT2D eigenvalue weighted by Gasteiger charge is 1.90. The summed E-state index contributed by atoms with van der Waals surface area (Å²) in [6.45, 7) is 0. The average molecular weight is 198 g/mol. The third-order valence-corrected chi connectivity index (χ3v) is 1.70. The topological polar surface area (TPSA) is 50.9 Å². The van der Waals surface area contributed by atoms with Crippen molar-refractivity contribution in [3.05, 3.63) is 30.0 Å². The van der Waals surface area contributed by atoms with Gasteiger partial charge in [-0.15, -0.1) is 11.6 Å². The summed E-state index contributed by atoms with van der Waals surface area (Å²) in [6.07, 6.45) is 4.75. The van der Waals surface area contributed by atoms with Gasteiger partial charge in [0.2, 0.25) is 0 Å². The first-order chi connectivity index (χ1) is 6.36. The van der Waals surface area contributed by atoms with Crippen LogP contribution in [0.25, 0.3) is 6.08 Å². The van der Waals surface area contributed by atoms with Gasteiger partial charge in [0.05, 0.1) is 5.69 Å². The summed E-state index contributed by atoms with van der Waals surface area (Å²) in [7, 11) is 0.